The van der Waals surface area contributed by atoms with Crippen molar-refractivity contribution in [2.75, 3.05) is 5.75 Å². The Labute approximate surface area is 138 Å². The molecule has 0 amide bonds. The maximum absolute atomic E-state index is 12.4. The van der Waals surface area contributed by atoms with Crippen molar-refractivity contribution in [2.24, 2.45) is 28.6 Å². The second kappa shape index (κ2) is 4.96. The monoisotopic (exact) mass is 318 g/mol. The maximum Gasteiger partial charge on any atom is 0.155 e. The quantitative estimate of drug-likeness (QED) is 0.742. The minimum atomic E-state index is -0.0509. The smallest absolute Gasteiger partial charge is 0.155 e. The summed E-state index contributed by atoms with van der Waals surface area (Å²) in [6.45, 7) is 2.23. The number of thiol groups is 1. The Kier molecular flexibility index (Phi) is 3.38. The van der Waals surface area contributed by atoms with Crippen molar-refractivity contribution in [2.45, 2.75) is 58.3 Å². The highest BCUT2D eigenvalue weighted by Crippen LogP contribution is 2.64. The van der Waals surface area contributed by atoms with E-state index in [0.29, 0.717) is 35.7 Å². The largest absolute Gasteiger partial charge is 0.299 e. The first-order valence-corrected chi connectivity index (χ1v) is 9.52. The van der Waals surface area contributed by atoms with Crippen molar-refractivity contribution in [1.29, 1.82) is 0 Å². The van der Waals surface area contributed by atoms with Gasteiger partial charge in [-0.25, -0.2) is 0 Å². The highest BCUT2D eigenvalue weighted by Gasteiger charge is 2.59. The van der Waals surface area contributed by atoms with Gasteiger partial charge in [-0.3, -0.25) is 9.59 Å². The summed E-state index contributed by atoms with van der Waals surface area (Å²) in [4.78, 5) is 24.3. The van der Waals surface area contributed by atoms with E-state index in [1.165, 1.54) is 12.0 Å². The predicted octanol–water partition coefficient (Wildman–Crippen LogP) is 4.00. The molecule has 3 fully saturated rings. The standard InChI is InChI=1S/C19H26O2S/c1-18-8-7-16-14(15(18)4-5-17(18)21)3-2-12-10-13(20)6-9-19(12,16)11-22/h10,14-16,22H,2-9,11H2,1H3/t14-,15-,16-,18-,19+/m0/s1. The van der Waals surface area contributed by atoms with Gasteiger partial charge in [-0.2, -0.15) is 12.6 Å². The Balaban J connectivity index is 1.73. The molecule has 0 saturated heterocycles. The van der Waals surface area contributed by atoms with Crippen molar-refractivity contribution < 1.29 is 9.59 Å². The number of hydrogen-bond donors (Lipinski definition) is 1. The molecule has 4 aliphatic rings. The summed E-state index contributed by atoms with van der Waals surface area (Å²) in [7, 11) is 0. The second-order valence-electron chi connectivity index (χ2n) is 8.28. The van der Waals surface area contributed by atoms with Gasteiger partial charge in [0.15, 0.2) is 5.78 Å². The van der Waals surface area contributed by atoms with Crippen molar-refractivity contribution in [1.82, 2.24) is 0 Å². The minimum Gasteiger partial charge on any atom is -0.299 e. The molecule has 120 valence electrons. The van der Waals surface area contributed by atoms with Gasteiger partial charge in [0.2, 0.25) is 0 Å². The number of ketones is 2. The maximum atomic E-state index is 12.4. The van der Waals surface area contributed by atoms with Crippen LogP contribution in [-0.2, 0) is 9.59 Å². The van der Waals surface area contributed by atoms with Gasteiger partial charge < -0.3 is 0 Å². The zero-order valence-electron chi connectivity index (χ0n) is 13.4. The first-order valence-electron chi connectivity index (χ1n) is 8.89. The van der Waals surface area contributed by atoms with Crippen LogP contribution in [0.4, 0.5) is 0 Å². The number of allylic oxidation sites excluding steroid dienone is 1. The van der Waals surface area contributed by atoms with Crippen LogP contribution in [0.1, 0.15) is 58.3 Å². The van der Waals surface area contributed by atoms with Gasteiger partial charge in [0.1, 0.15) is 5.78 Å². The molecule has 3 saturated carbocycles. The van der Waals surface area contributed by atoms with Crippen LogP contribution in [0.5, 0.6) is 0 Å². The lowest BCUT2D eigenvalue weighted by Gasteiger charge is -2.57. The molecule has 0 radical (unpaired) electrons. The molecule has 4 aliphatic carbocycles. The zero-order chi connectivity index (χ0) is 15.5. The zero-order valence-corrected chi connectivity index (χ0v) is 14.3. The van der Waals surface area contributed by atoms with Crippen molar-refractivity contribution in [3.8, 4) is 0 Å². The lowest BCUT2D eigenvalue weighted by molar-refractivity contribution is -0.132. The molecule has 0 unspecified atom stereocenters. The van der Waals surface area contributed by atoms with Gasteiger partial charge in [0.25, 0.3) is 0 Å². The normalized spacial score (nSPS) is 47.5. The number of Topliss-reactive ketones (excluding diaryl/α,β-unsaturated/α-hetero) is 1. The van der Waals surface area contributed by atoms with Gasteiger partial charge in [-0.1, -0.05) is 12.5 Å². The molecule has 0 bridgehead atoms. The van der Waals surface area contributed by atoms with Crippen LogP contribution in [0, 0.1) is 28.6 Å². The summed E-state index contributed by atoms with van der Waals surface area (Å²) in [6.07, 6.45) is 9.93. The fraction of sp³-hybridized carbons (Fsp3) is 0.789. The average Bonchev–Trinajstić information content (AvgIpc) is 2.82. The summed E-state index contributed by atoms with van der Waals surface area (Å²) in [5, 5.41) is 0. The van der Waals surface area contributed by atoms with E-state index < -0.39 is 0 Å². The third-order valence-corrected chi connectivity index (χ3v) is 8.24. The fourth-order valence-electron chi connectivity index (χ4n) is 6.43. The van der Waals surface area contributed by atoms with E-state index in [0.717, 1.165) is 44.3 Å². The average molecular weight is 318 g/mol. The van der Waals surface area contributed by atoms with Crippen LogP contribution in [-0.4, -0.2) is 17.3 Å². The Morgan fingerprint density at radius 3 is 2.68 bits per heavy atom. The molecule has 0 aromatic heterocycles. The number of carbonyl (C=O) groups is 2. The molecule has 5 atom stereocenters. The highest BCUT2D eigenvalue weighted by atomic mass is 32.1. The molecule has 0 aliphatic heterocycles. The topological polar surface area (TPSA) is 34.1 Å². The van der Waals surface area contributed by atoms with Crippen LogP contribution in [0.3, 0.4) is 0 Å². The summed E-state index contributed by atoms with van der Waals surface area (Å²) in [5.74, 6) is 3.57. The SMILES string of the molecule is C[C@]12CC[C@H]3[C@@H](CCC4=CC(=O)CC[C@@]43CS)[C@@H]1CCC2=O. The Morgan fingerprint density at radius 2 is 1.91 bits per heavy atom. The molecule has 2 nitrogen and oxygen atoms in total. The summed E-state index contributed by atoms with van der Waals surface area (Å²) >= 11 is 4.74. The molecule has 22 heavy (non-hydrogen) atoms. The summed E-state index contributed by atoms with van der Waals surface area (Å²) in [5.41, 5.74) is 1.48. The van der Waals surface area contributed by atoms with Gasteiger partial charge in [-0.05, 0) is 68.1 Å². The summed E-state index contributed by atoms with van der Waals surface area (Å²) < 4.78 is 0. The third kappa shape index (κ3) is 1.81. The Morgan fingerprint density at radius 1 is 1.09 bits per heavy atom. The van der Waals surface area contributed by atoms with Gasteiger partial charge in [0, 0.05) is 23.7 Å². The fourth-order valence-corrected chi connectivity index (χ4v) is 7.02. The van der Waals surface area contributed by atoms with Crippen molar-refractivity contribution in [3.05, 3.63) is 11.6 Å². The van der Waals surface area contributed by atoms with E-state index in [-0.39, 0.29) is 10.8 Å². The van der Waals surface area contributed by atoms with E-state index in [9.17, 15) is 9.59 Å². The van der Waals surface area contributed by atoms with Crippen LogP contribution in [0.2, 0.25) is 0 Å². The lowest BCUT2D eigenvalue weighted by atomic mass is 9.47. The van der Waals surface area contributed by atoms with Crippen LogP contribution in [0.15, 0.2) is 11.6 Å². The lowest BCUT2D eigenvalue weighted by Crippen LogP contribution is -2.52. The van der Waals surface area contributed by atoms with Gasteiger partial charge >= 0.3 is 0 Å². The summed E-state index contributed by atoms with van der Waals surface area (Å²) in [6, 6.07) is 0. The third-order valence-electron chi connectivity index (χ3n) is 7.68. The number of rotatable bonds is 1. The van der Waals surface area contributed by atoms with Gasteiger partial charge in [0.05, 0.1) is 0 Å². The first-order chi connectivity index (χ1) is 10.5. The number of hydrogen-bond acceptors (Lipinski definition) is 3. The van der Waals surface area contributed by atoms with Crippen molar-refractivity contribution >= 4 is 24.2 Å². The molecule has 3 heteroatoms. The molecule has 0 aromatic carbocycles. The molecular formula is C19H26O2S. The molecule has 0 spiro atoms. The second-order valence-corrected chi connectivity index (χ2v) is 8.60. The van der Waals surface area contributed by atoms with Gasteiger partial charge in [-0.15, -0.1) is 0 Å². The molecular weight excluding hydrogens is 292 g/mol. The molecule has 0 heterocycles. The van der Waals surface area contributed by atoms with Crippen molar-refractivity contribution in [3.63, 3.8) is 0 Å². The number of fused-ring (bicyclic) bond motifs is 5. The van der Waals surface area contributed by atoms with Crippen LogP contribution >= 0.6 is 12.6 Å². The van der Waals surface area contributed by atoms with E-state index in [1.54, 1.807) is 0 Å². The van der Waals surface area contributed by atoms with Crippen LogP contribution in [0.25, 0.3) is 0 Å². The van der Waals surface area contributed by atoms with E-state index in [1.807, 2.05) is 6.08 Å². The predicted molar refractivity (Wildman–Crippen MR) is 89.9 cm³/mol. The van der Waals surface area contributed by atoms with E-state index in [4.69, 9.17) is 12.6 Å². The first kappa shape index (κ1) is 15.0. The minimum absolute atomic E-state index is 0.0509. The Bertz CT molecular complexity index is 566. The van der Waals surface area contributed by atoms with Crippen LogP contribution < -0.4 is 0 Å². The van der Waals surface area contributed by atoms with E-state index in [2.05, 4.69) is 6.92 Å². The molecule has 0 N–H and O–H groups in total. The number of carbonyl (C=O) groups excluding carboxylic acids is 2. The van der Waals surface area contributed by atoms with E-state index >= 15 is 0 Å². The highest BCUT2D eigenvalue weighted by molar-refractivity contribution is 7.80. The molecule has 0 aromatic rings. The Hall–Kier alpha value is -0.570. The molecule has 4 rings (SSSR count).